The van der Waals surface area contributed by atoms with E-state index in [1.165, 1.54) is 0 Å². The third-order valence-corrected chi connectivity index (χ3v) is 3.47. The van der Waals surface area contributed by atoms with Crippen LogP contribution in [-0.2, 0) is 11.3 Å². The van der Waals surface area contributed by atoms with Crippen molar-refractivity contribution in [2.75, 3.05) is 26.9 Å². The van der Waals surface area contributed by atoms with Gasteiger partial charge in [0, 0.05) is 37.0 Å². The summed E-state index contributed by atoms with van der Waals surface area (Å²) in [5.41, 5.74) is 2.62. The van der Waals surface area contributed by atoms with E-state index in [9.17, 15) is 5.11 Å². The summed E-state index contributed by atoms with van der Waals surface area (Å²) < 4.78 is 10.5. The molecule has 0 aliphatic rings. The minimum Gasteiger partial charge on any atom is -0.508 e. The summed E-state index contributed by atoms with van der Waals surface area (Å²) in [4.78, 5) is 4.42. The maximum atomic E-state index is 10.0. The number of aromatic hydroxyl groups is 1. The van der Waals surface area contributed by atoms with Crippen LogP contribution < -0.4 is 10.1 Å². The van der Waals surface area contributed by atoms with Crippen LogP contribution in [0.25, 0.3) is 11.3 Å². The van der Waals surface area contributed by atoms with Crippen LogP contribution in [0.5, 0.6) is 11.6 Å². The summed E-state index contributed by atoms with van der Waals surface area (Å²) >= 11 is 0. The van der Waals surface area contributed by atoms with Gasteiger partial charge < -0.3 is 19.9 Å². The number of nitrogens with zero attached hydrogens (tertiary/aromatic N) is 1. The first-order valence-electron chi connectivity index (χ1n) is 7.86. The predicted molar refractivity (Wildman–Crippen MR) is 90.7 cm³/mol. The predicted octanol–water partition coefficient (Wildman–Crippen LogP) is 2.98. The van der Waals surface area contributed by atoms with Gasteiger partial charge in [0.15, 0.2) is 0 Å². The third kappa shape index (κ3) is 5.23. The molecule has 0 saturated heterocycles. The molecule has 1 aromatic carbocycles. The normalized spacial score (nSPS) is 10.7. The van der Waals surface area contributed by atoms with E-state index in [1.54, 1.807) is 13.2 Å². The highest BCUT2D eigenvalue weighted by Crippen LogP contribution is 2.25. The lowest BCUT2D eigenvalue weighted by atomic mass is 10.1. The van der Waals surface area contributed by atoms with Crippen molar-refractivity contribution in [1.82, 2.24) is 10.3 Å². The monoisotopic (exact) mass is 316 g/mol. The molecule has 0 fully saturated rings. The zero-order valence-corrected chi connectivity index (χ0v) is 13.7. The van der Waals surface area contributed by atoms with Gasteiger partial charge in [-0.3, -0.25) is 0 Å². The topological polar surface area (TPSA) is 63.6 Å². The number of benzene rings is 1. The number of nitrogens with one attached hydrogen (secondary N) is 1. The minimum atomic E-state index is 0.286. The second-order valence-electron chi connectivity index (χ2n) is 5.14. The van der Waals surface area contributed by atoms with E-state index in [0.717, 1.165) is 43.0 Å². The van der Waals surface area contributed by atoms with Crippen molar-refractivity contribution >= 4 is 0 Å². The average Bonchev–Trinajstić information content (AvgIpc) is 2.59. The largest absolute Gasteiger partial charge is 0.508 e. The molecule has 1 aromatic heterocycles. The molecule has 0 unspecified atom stereocenters. The molecule has 0 aliphatic heterocycles. The summed E-state index contributed by atoms with van der Waals surface area (Å²) in [7, 11) is 1.60. The van der Waals surface area contributed by atoms with E-state index in [4.69, 9.17) is 9.47 Å². The van der Waals surface area contributed by atoms with Crippen LogP contribution >= 0.6 is 0 Å². The van der Waals surface area contributed by atoms with Crippen LogP contribution in [0.1, 0.15) is 18.9 Å². The quantitative estimate of drug-likeness (QED) is 0.696. The standard InChI is InChI=1S/C18H24N2O3/c1-3-23-11-5-10-19-13-15-12-14(8-9-17(15)21)16-6-4-7-18(20-16)22-2/h4,6-9,12,19,21H,3,5,10-11,13H2,1-2H3. The number of methoxy groups -OCH3 is 1. The van der Waals surface area contributed by atoms with Crippen molar-refractivity contribution in [2.45, 2.75) is 19.9 Å². The fourth-order valence-electron chi connectivity index (χ4n) is 2.24. The second kappa shape index (κ2) is 9.12. The number of aromatic nitrogens is 1. The Kier molecular flexibility index (Phi) is 6.84. The summed E-state index contributed by atoms with van der Waals surface area (Å²) in [5, 5.41) is 13.3. The average molecular weight is 316 g/mol. The molecule has 2 rings (SSSR count). The van der Waals surface area contributed by atoms with Crippen molar-refractivity contribution in [3.05, 3.63) is 42.0 Å². The molecule has 23 heavy (non-hydrogen) atoms. The summed E-state index contributed by atoms with van der Waals surface area (Å²) in [6, 6.07) is 11.1. The molecule has 0 aliphatic carbocycles. The van der Waals surface area contributed by atoms with Crippen LogP contribution in [-0.4, -0.2) is 37.0 Å². The van der Waals surface area contributed by atoms with Crippen LogP contribution in [0.2, 0.25) is 0 Å². The molecular formula is C18H24N2O3. The fraction of sp³-hybridized carbons (Fsp3) is 0.389. The van der Waals surface area contributed by atoms with Gasteiger partial charge in [-0.2, -0.15) is 0 Å². The molecule has 0 atom stereocenters. The number of hydrogen-bond donors (Lipinski definition) is 2. The van der Waals surface area contributed by atoms with Crippen molar-refractivity contribution in [3.8, 4) is 22.9 Å². The molecule has 5 nitrogen and oxygen atoms in total. The van der Waals surface area contributed by atoms with Gasteiger partial charge in [-0.25, -0.2) is 4.98 Å². The third-order valence-electron chi connectivity index (χ3n) is 3.47. The zero-order chi connectivity index (χ0) is 16.5. The van der Waals surface area contributed by atoms with Crippen LogP contribution in [0, 0.1) is 0 Å². The number of hydrogen-bond acceptors (Lipinski definition) is 5. The van der Waals surface area contributed by atoms with E-state index in [0.29, 0.717) is 12.4 Å². The first-order valence-corrected chi connectivity index (χ1v) is 7.86. The van der Waals surface area contributed by atoms with E-state index in [1.807, 2.05) is 37.3 Å². The molecule has 0 bridgehead atoms. The van der Waals surface area contributed by atoms with Gasteiger partial charge in [-0.15, -0.1) is 0 Å². The lowest BCUT2D eigenvalue weighted by molar-refractivity contribution is 0.144. The Morgan fingerprint density at radius 2 is 2.09 bits per heavy atom. The maximum Gasteiger partial charge on any atom is 0.213 e. The number of phenols is 1. The Bertz CT molecular complexity index is 617. The summed E-state index contributed by atoms with van der Waals surface area (Å²) in [6.07, 6.45) is 0.950. The first kappa shape index (κ1) is 17.2. The number of pyridine rings is 1. The lowest BCUT2D eigenvalue weighted by Gasteiger charge is -2.10. The maximum absolute atomic E-state index is 10.0. The van der Waals surface area contributed by atoms with Gasteiger partial charge >= 0.3 is 0 Å². The van der Waals surface area contributed by atoms with E-state index < -0.39 is 0 Å². The molecule has 2 N–H and O–H groups in total. The van der Waals surface area contributed by atoms with Crippen LogP contribution in [0.15, 0.2) is 36.4 Å². The molecule has 0 spiro atoms. The molecule has 0 amide bonds. The van der Waals surface area contributed by atoms with Gasteiger partial charge in [0.1, 0.15) is 5.75 Å². The number of ether oxygens (including phenoxy) is 2. The van der Waals surface area contributed by atoms with Gasteiger partial charge in [-0.1, -0.05) is 6.07 Å². The minimum absolute atomic E-state index is 0.286. The van der Waals surface area contributed by atoms with Crippen molar-refractivity contribution in [1.29, 1.82) is 0 Å². The Hall–Kier alpha value is -2.11. The van der Waals surface area contributed by atoms with Crippen molar-refractivity contribution < 1.29 is 14.6 Å². The lowest BCUT2D eigenvalue weighted by Crippen LogP contribution is -2.16. The highest BCUT2D eigenvalue weighted by molar-refractivity contribution is 5.62. The summed E-state index contributed by atoms with van der Waals surface area (Å²) in [6.45, 7) is 4.94. The molecule has 2 aromatic rings. The Morgan fingerprint density at radius 3 is 2.87 bits per heavy atom. The molecule has 124 valence electrons. The Morgan fingerprint density at radius 1 is 1.22 bits per heavy atom. The number of phenolic OH excluding ortho intramolecular Hbond substituents is 1. The molecule has 1 heterocycles. The fourth-order valence-corrected chi connectivity index (χ4v) is 2.24. The highest BCUT2D eigenvalue weighted by Gasteiger charge is 2.06. The number of rotatable bonds is 9. The van der Waals surface area contributed by atoms with Gasteiger partial charge in [0.05, 0.1) is 12.8 Å². The summed E-state index contributed by atoms with van der Waals surface area (Å²) in [5.74, 6) is 0.861. The Labute approximate surface area is 137 Å². The zero-order valence-electron chi connectivity index (χ0n) is 13.7. The van der Waals surface area contributed by atoms with Crippen LogP contribution in [0.3, 0.4) is 0 Å². The van der Waals surface area contributed by atoms with E-state index in [2.05, 4.69) is 10.3 Å². The molecular weight excluding hydrogens is 292 g/mol. The smallest absolute Gasteiger partial charge is 0.213 e. The first-order chi connectivity index (χ1) is 11.2. The van der Waals surface area contributed by atoms with Crippen molar-refractivity contribution in [3.63, 3.8) is 0 Å². The SMILES string of the molecule is CCOCCCNCc1cc(-c2cccc(OC)n2)ccc1O. The van der Waals surface area contributed by atoms with Gasteiger partial charge in [-0.05, 0) is 44.2 Å². The second-order valence-corrected chi connectivity index (χ2v) is 5.14. The molecule has 5 heteroatoms. The van der Waals surface area contributed by atoms with Gasteiger partial charge in [0.2, 0.25) is 5.88 Å². The highest BCUT2D eigenvalue weighted by atomic mass is 16.5. The van der Waals surface area contributed by atoms with Gasteiger partial charge in [0.25, 0.3) is 0 Å². The van der Waals surface area contributed by atoms with E-state index in [-0.39, 0.29) is 5.75 Å². The van der Waals surface area contributed by atoms with Crippen molar-refractivity contribution in [2.24, 2.45) is 0 Å². The van der Waals surface area contributed by atoms with Crippen LogP contribution in [0.4, 0.5) is 0 Å². The molecule has 0 saturated carbocycles. The molecule has 0 radical (unpaired) electrons. The Balaban J connectivity index is 2.00. The van der Waals surface area contributed by atoms with E-state index >= 15 is 0 Å².